The lowest BCUT2D eigenvalue weighted by Crippen LogP contribution is -2.39. The minimum Gasteiger partial charge on any atom is -0.320 e. The number of pyridine rings is 1. The van der Waals surface area contributed by atoms with E-state index in [-0.39, 0.29) is 12.5 Å². The summed E-state index contributed by atoms with van der Waals surface area (Å²) in [5.74, 6) is -0.0304. The maximum Gasteiger partial charge on any atom is 0.290 e. The summed E-state index contributed by atoms with van der Waals surface area (Å²) in [6, 6.07) is 20.2. The van der Waals surface area contributed by atoms with Crippen molar-refractivity contribution in [2.75, 3.05) is 5.32 Å². The number of amides is 1. The second-order valence-corrected chi connectivity index (χ2v) is 6.00. The van der Waals surface area contributed by atoms with Gasteiger partial charge in [0.25, 0.3) is 5.91 Å². The van der Waals surface area contributed by atoms with E-state index >= 15 is 0 Å². The second-order valence-electron chi connectivity index (χ2n) is 6.00. The lowest BCUT2D eigenvalue weighted by atomic mass is 10.1. The van der Waals surface area contributed by atoms with Crippen molar-refractivity contribution < 1.29 is 9.36 Å². The number of nitrogens with zero attached hydrogens (tertiary/aromatic N) is 1. The van der Waals surface area contributed by atoms with Crippen LogP contribution in [0.4, 0.5) is 5.69 Å². The number of nitrogens with one attached hydrogen (secondary N) is 1. The van der Waals surface area contributed by atoms with Crippen molar-refractivity contribution in [2.24, 2.45) is 0 Å². The lowest BCUT2D eigenvalue weighted by Gasteiger charge is -2.08. The average Bonchev–Trinajstić information content (AvgIpc) is 2.58. The van der Waals surface area contributed by atoms with Gasteiger partial charge in [-0.3, -0.25) is 4.79 Å². The average molecular weight is 317 g/mol. The van der Waals surface area contributed by atoms with E-state index in [4.69, 9.17) is 0 Å². The Kier molecular flexibility index (Phi) is 4.71. The zero-order valence-electron chi connectivity index (χ0n) is 14.0. The first kappa shape index (κ1) is 15.9. The van der Waals surface area contributed by atoms with Gasteiger partial charge in [0.1, 0.15) is 0 Å². The van der Waals surface area contributed by atoms with Gasteiger partial charge in [0.05, 0.1) is 0 Å². The van der Waals surface area contributed by atoms with Crippen molar-refractivity contribution in [1.29, 1.82) is 0 Å². The van der Waals surface area contributed by atoms with Gasteiger partial charge < -0.3 is 5.32 Å². The fourth-order valence-electron chi connectivity index (χ4n) is 2.73. The number of hydrogen-bond donors (Lipinski definition) is 1. The molecule has 0 spiro atoms. The molecule has 120 valence electrons. The summed E-state index contributed by atoms with van der Waals surface area (Å²) in [5, 5.41) is 2.99. The molecule has 0 fully saturated rings. The van der Waals surface area contributed by atoms with Crippen LogP contribution in [-0.4, -0.2) is 5.91 Å². The first-order valence-corrected chi connectivity index (χ1v) is 8.03. The summed E-state index contributed by atoms with van der Waals surface area (Å²) < 4.78 is 1.90. The number of benzene rings is 2. The Labute approximate surface area is 142 Å². The van der Waals surface area contributed by atoms with Crippen LogP contribution in [0.3, 0.4) is 0 Å². The summed E-state index contributed by atoms with van der Waals surface area (Å²) >= 11 is 0. The minimum absolute atomic E-state index is 0.0304. The molecule has 3 nitrogen and oxygen atoms in total. The van der Waals surface area contributed by atoms with E-state index in [0.29, 0.717) is 0 Å². The predicted molar refractivity (Wildman–Crippen MR) is 96.6 cm³/mol. The van der Waals surface area contributed by atoms with E-state index in [9.17, 15) is 4.79 Å². The largest absolute Gasteiger partial charge is 0.320 e. The Balaban J connectivity index is 1.73. The van der Waals surface area contributed by atoms with Gasteiger partial charge in [-0.2, -0.15) is 4.57 Å². The smallest absolute Gasteiger partial charge is 0.290 e. The summed E-state index contributed by atoms with van der Waals surface area (Å²) in [6.07, 6.45) is 3.91. The van der Waals surface area contributed by atoms with E-state index in [1.807, 2.05) is 73.3 Å². The molecule has 0 saturated carbocycles. The summed E-state index contributed by atoms with van der Waals surface area (Å²) in [5.41, 5.74) is 5.37. The molecular weight excluding hydrogens is 296 g/mol. The summed E-state index contributed by atoms with van der Waals surface area (Å²) in [7, 11) is 0. The van der Waals surface area contributed by atoms with Crippen LogP contribution < -0.4 is 9.88 Å². The van der Waals surface area contributed by atoms with E-state index in [1.54, 1.807) is 0 Å². The van der Waals surface area contributed by atoms with E-state index < -0.39 is 0 Å². The maximum atomic E-state index is 12.3. The number of rotatable bonds is 4. The highest BCUT2D eigenvalue weighted by Crippen LogP contribution is 2.17. The van der Waals surface area contributed by atoms with Gasteiger partial charge in [-0.05, 0) is 37.1 Å². The van der Waals surface area contributed by atoms with Crippen LogP contribution in [0, 0.1) is 13.8 Å². The number of anilines is 1. The van der Waals surface area contributed by atoms with Crippen LogP contribution in [0.2, 0.25) is 0 Å². The topological polar surface area (TPSA) is 33.0 Å². The Morgan fingerprint density at radius 3 is 2.46 bits per heavy atom. The molecule has 1 aromatic heterocycles. The third-order valence-corrected chi connectivity index (χ3v) is 3.95. The third kappa shape index (κ3) is 3.87. The van der Waals surface area contributed by atoms with Gasteiger partial charge in [-0.15, -0.1) is 0 Å². The molecule has 3 rings (SSSR count). The highest BCUT2D eigenvalue weighted by molar-refractivity contribution is 5.90. The predicted octanol–water partition coefficient (Wildman–Crippen LogP) is 3.90. The molecule has 0 bridgehead atoms. The number of aryl methyl sites for hydroxylation is 2. The Bertz CT molecular complexity index is 857. The molecule has 3 heteroatoms. The van der Waals surface area contributed by atoms with Gasteiger partial charge in [-0.1, -0.05) is 48.0 Å². The molecule has 0 radical (unpaired) electrons. The van der Waals surface area contributed by atoms with Crippen molar-refractivity contribution in [3.63, 3.8) is 0 Å². The van der Waals surface area contributed by atoms with Crippen molar-refractivity contribution in [1.82, 2.24) is 0 Å². The second kappa shape index (κ2) is 7.09. The summed E-state index contributed by atoms with van der Waals surface area (Å²) in [4.78, 5) is 12.3. The molecule has 0 atom stereocenters. The van der Waals surface area contributed by atoms with Crippen molar-refractivity contribution in [3.05, 3.63) is 84.2 Å². The van der Waals surface area contributed by atoms with E-state index in [0.717, 1.165) is 22.4 Å². The Hall–Kier alpha value is -2.94. The first-order valence-electron chi connectivity index (χ1n) is 8.03. The van der Waals surface area contributed by atoms with Crippen molar-refractivity contribution in [3.8, 4) is 11.1 Å². The number of hydrogen-bond acceptors (Lipinski definition) is 1. The molecule has 1 heterocycles. The van der Waals surface area contributed by atoms with E-state index in [2.05, 4.69) is 23.5 Å². The number of carbonyl (C=O) groups excluding carboxylic acids is 1. The molecule has 0 saturated heterocycles. The highest BCUT2D eigenvalue weighted by Gasteiger charge is 2.12. The van der Waals surface area contributed by atoms with E-state index in [1.165, 1.54) is 5.56 Å². The molecule has 0 aliphatic heterocycles. The molecule has 0 unspecified atom stereocenters. The summed E-state index contributed by atoms with van der Waals surface area (Å²) in [6.45, 7) is 4.34. The number of aromatic nitrogens is 1. The van der Waals surface area contributed by atoms with Crippen LogP contribution in [0.15, 0.2) is 73.1 Å². The van der Waals surface area contributed by atoms with Gasteiger partial charge in [0.2, 0.25) is 6.54 Å². The van der Waals surface area contributed by atoms with Crippen LogP contribution in [0.25, 0.3) is 11.1 Å². The standard InChI is InChI=1S/C21H20N2O/c1-16-10-11-20(17(2)13-16)22-21(24)15-23-12-6-9-19(14-23)18-7-4-3-5-8-18/h3-14H,15H2,1-2H3/p+1. The highest BCUT2D eigenvalue weighted by atomic mass is 16.1. The maximum absolute atomic E-state index is 12.3. The van der Waals surface area contributed by atoms with Crippen LogP contribution in [0.5, 0.6) is 0 Å². The Morgan fingerprint density at radius 1 is 0.958 bits per heavy atom. The van der Waals surface area contributed by atoms with Gasteiger partial charge >= 0.3 is 0 Å². The molecule has 0 aliphatic rings. The molecule has 2 aromatic carbocycles. The van der Waals surface area contributed by atoms with Gasteiger partial charge in [0.15, 0.2) is 12.4 Å². The Morgan fingerprint density at radius 2 is 1.71 bits per heavy atom. The molecule has 1 N–H and O–H groups in total. The normalized spacial score (nSPS) is 10.4. The number of carbonyl (C=O) groups is 1. The zero-order chi connectivity index (χ0) is 16.9. The van der Waals surface area contributed by atoms with Gasteiger partial charge in [0, 0.05) is 17.3 Å². The third-order valence-electron chi connectivity index (χ3n) is 3.95. The lowest BCUT2D eigenvalue weighted by molar-refractivity contribution is -0.683. The fourth-order valence-corrected chi connectivity index (χ4v) is 2.73. The zero-order valence-corrected chi connectivity index (χ0v) is 14.0. The molecule has 24 heavy (non-hydrogen) atoms. The quantitative estimate of drug-likeness (QED) is 0.727. The molecule has 1 amide bonds. The van der Waals surface area contributed by atoms with Crippen molar-refractivity contribution >= 4 is 11.6 Å². The van der Waals surface area contributed by atoms with Crippen molar-refractivity contribution in [2.45, 2.75) is 20.4 Å². The van der Waals surface area contributed by atoms with Crippen LogP contribution in [-0.2, 0) is 11.3 Å². The fraction of sp³-hybridized carbons (Fsp3) is 0.143. The molecule has 0 aliphatic carbocycles. The molecule has 3 aromatic rings. The monoisotopic (exact) mass is 317 g/mol. The van der Waals surface area contributed by atoms with Crippen LogP contribution in [0.1, 0.15) is 11.1 Å². The SMILES string of the molecule is Cc1ccc(NC(=O)C[n+]2cccc(-c3ccccc3)c2)c(C)c1. The molecular formula is C21H21N2O+. The van der Waals surface area contributed by atoms with Crippen LogP contribution >= 0.6 is 0 Å². The minimum atomic E-state index is -0.0304. The first-order chi connectivity index (χ1) is 11.6. The van der Waals surface area contributed by atoms with Gasteiger partial charge in [-0.25, -0.2) is 0 Å².